The van der Waals surface area contributed by atoms with Crippen molar-refractivity contribution in [1.82, 2.24) is 15.0 Å². The molecule has 0 radical (unpaired) electrons. The Morgan fingerprint density at radius 3 is 2.05 bits per heavy atom. The molecule has 2 aromatic rings. The summed E-state index contributed by atoms with van der Waals surface area (Å²) >= 11 is 6.76. The lowest BCUT2D eigenvalue weighted by molar-refractivity contribution is -0.0779. The second kappa shape index (κ2) is 9.96. The number of nitrogens with zero attached hydrogens (tertiary/aromatic N) is 5. The number of anilines is 2. The molecule has 11 nitrogen and oxygen atoms in total. The minimum atomic E-state index is -1.76. The number of rotatable bonds is 6. The standard InChI is InChI=1S/C25H34ClN5O6/c1-23(2,3)25(12-13-32)17-18(26)27-20(30(21(33)34)22(35)36)28-19(17)29(31(25)24(4,5)6)14-15-8-10-16(37-7)11-9-15/h8-11,32H,12-14H2,1-7H3,(H,33,34)(H,35,36). The van der Waals surface area contributed by atoms with E-state index in [1.807, 2.05) is 70.8 Å². The van der Waals surface area contributed by atoms with E-state index in [9.17, 15) is 24.9 Å². The number of fused-ring (bicyclic) bond motifs is 1. The molecule has 2 amide bonds. The highest BCUT2D eigenvalue weighted by Crippen LogP contribution is 2.59. The third-order valence-electron chi connectivity index (χ3n) is 6.52. The van der Waals surface area contributed by atoms with E-state index < -0.39 is 34.6 Å². The van der Waals surface area contributed by atoms with E-state index >= 15 is 0 Å². The molecular weight excluding hydrogens is 502 g/mol. The van der Waals surface area contributed by atoms with Gasteiger partial charge in [0.1, 0.15) is 10.9 Å². The van der Waals surface area contributed by atoms with Crippen LogP contribution < -0.4 is 14.6 Å². The summed E-state index contributed by atoms with van der Waals surface area (Å²) in [6, 6.07) is 7.45. The summed E-state index contributed by atoms with van der Waals surface area (Å²) in [7, 11) is 1.58. The molecule has 0 spiro atoms. The van der Waals surface area contributed by atoms with Gasteiger partial charge < -0.3 is 20.1 Å². The Morgan fingerprint density at radius 1 is 1.05 bits per heavy atom. The van der Waals surface area contributed by atoms with Gasteiger partial charge in [0, 0.05) is 12.1 Å². The number of ether oxygens (including phenoxy) is 1. The molecule has 3 rings (SSSR count). The second-order valence-corrected chi connectivity index (χ2v) is 11.2. The maximum Gasteiger partial charge on any atom is 0.424 e. The fourth-order valence-electron chi connectivity index (χ4n) is 5.16. The molecule has 1 aliphatic rings. The molecule has 37 heavy (non-hydrogen) atoms. The average molecular weight is 536 g/mol. The highest BCUT2D eigenvalue weighted by atomic mass is 35.5. The first-order valence-corrected chi connectivity index (χ1v) is 12.1. The van der Waals surface area contributed by atoms with Crippen molar-refractivity contribution in [2.75, 3.05) is 23.6 Å². The minimum Gasteiger partial charge on any atom is -0.497 e. The summed E-state index contributed by atoms with van der Waals surface area (Å²) in [4.78, 5) is 32.1. The van der Waals surface area contributed by atoms with Gasteiger partial charge in [-0.05, 0) is 50.3 Å². The van der Waals surface area contributed by atoms with Crippen LogP contribution in [0.5, 0.6) is 5.75 Å². The van der Waals surface area contributed by atoms with Crippen molar-refractivity contribution < 1.29 is 29.6 Å². The van der Waals surface area contributed by atoms with Crippen molar-refractivity contribution in [3.63, 3.8) is 0 Å². The van der Waals surface area contributed by atoms with Gasteiger partial charge in [-0.3, -0.25) is 5.01 Å². The molecule has 1 aromatic carbocycles. The number of aliphatic hydroxyl groups is 1. The van der Waals surface area contributed by atoms with Crippen LogP contribution in [0.2, 0.25) is 5.15 Å². The molecule has 12 heteroatoms. The number of carbonyl (C=O) groups is 2. The average Bonchev–Trinajstić information content (AvgIpc) is 3.05. The molecule has 0 saturated carbocycles. The van der Waals surface area contributed by atoms with Crippen LogP contribution in [0.1, 0.15) is 59.1 Å². The number of aliphatic hydroxyl groups excluding tert-OH is 1. The quantitative estimate of drug-likeness (QED) is 0.435. The predicted octanol–water partition coefficient (Wildman–Crippen LogP) is 4.96. The number of amides is 2. The molecule has 1 atom stereocenters. The fraction of sp³-hybridized carbons (Fsp3) is 0.520. The predicted molar refractivity (Wildman–Crippen MR) is 139 cm³/mol. The molecule has 202 valence electrons. The Kier molecular flexibility index (Phi) is 7.65. The molecule has 1 aromatic heterocycles. The van der Waals surface area contributed by atoms with E-state index in [1.54, 1.807) is 7.11 Å². The van der Waals surface area contributed by atoms with Crippen molar-refractivity contribution in [2.24, 2.45) is 5.41 Å². The van der Waals surface area contributed by atoms with Gasteiger partial charge in [0.05, 0.1) is 24.8 Å². The number of hydrazine groups is 1. The maximum atomic E-state index is 11.8. The summed E-state index contributed by atoms with van der Waals surface area (Å²) in [5.74, 6) is 0.386. The number of methoxy groups -OCH3 is 1. The van der Waals surface area contributed by atoms with Gasteiger partial charge in [0.2, 0.25) is 5.95 Å². The first kappa shape index (κ1) is 28.4. The Hall–Kier alpha value is -3.15. The number of imide groups is 1. The summed E-state index contributed by atoms with van der Waals surface area (Å²) in [5.41, 5.74) is -0.606. The minimum absolute atomic E-state index is 0.0300. The summed E-state index contributed by atoms with van der Waals surface area (Å²) < 4.78 is 5.28. The van der Waals surface area contributed by atoms with E-state index in [0.717, 1.165) is 5.56 Å². The topological polar surface area (TPSA) is 140 Å². The molecule has 1 aliphatic heterocycles. The zero-order valence-electron chi connectivity index (χ0n) is 22.1. The van der Waals surface area contributed by atoms with Crippen LogP contribution in [-0.4, -0.2) is 61.7 Å². The lowest BCUT2D eigenvalue weighted by Crippen LogP contribution is -2.63. The van der Waals surface area contributed by atoms with Gasteiger partial charge in [-0.15, -0.1) is 4.90 Å². The molecule has 3 N–H and O–H groups in total. The van der Waals surface area contributed by atoms with E-state index in [0.29, 0.717) is 17.9 Å². The van der Waals surface area contributed by atoms with Gasteiger partial charge in [-0.2, -0.15) is 9.97 Å². The Morgan fingerprint density at radius 2 is 1.62 bits per heavy atom. The van der Waals surface area contributed by atoms with Crippen LogP contribution in [0.15, 0.2) is 24.3 Å². The molecular formula is C25H34ClN5O6. The zero-order chi connectivity index (χ0) is 27.9. The van der Waals surface area contributed by atoms with Gasteiger partial charge in [-0.1, -0.05) is 44.5 Å². The number of aromatic nitrogens is 2. The van der Waals surface area contributed by atoms with E-state index in [2.05, 4.69) is 15.0 Å². The Bertz CT molecular complexity index is 1160. The first-order valence-electron chi connectivity index (χ1n) is 11.8. The van der Waals surface area contributed by atoms with Crippen molar-refractivity contribution in [3.05, 3.63) is 40.5 Å². The van der Waals surface area contributed by atoms with Gasteiger partial charge in [0.25, 0.3) is 0 Å². The zero-order valence-corrected chi connectivity index (χ0v) is 22.9. The van der Waals surface area contributed by atoms with Crippen LogP contribution in [-0.2, 0) is 12.1 Å². The highest BCUT2D eigenvalue weighted by Gasteiger charge is 2.61. The third-order valence-corrected chi connectivity index (χ3v) is 6.79. The maximum absolute atomic E-state index is 11.8. The van der Waals surface area contributed by atoms with Gasteiger partial charge >= 0.3 is 12.2 Å². The number of halogens is 1. The summed E-state index contributed by atoms with van der Waals surface area (Å²) in [5, 5.41) is 33.2. The molecule has 2 heterocycles. The summed E-state index contributed by atoms with van der Waals surface area (Å²) in [6.07, 6.45) is -3.24. The normalized spacial score (nSPS) is 18.0. The number of benzene rings is 1. The van der Waals surface area contributed by atoms with Crippen molar-refractivity contribution >= 4 is 35.6 Å². The Balaban J connectivity index is 2.39. The molecule has 0 bridgehead atoms. The monoisotopic (exact) mass is 535 g/mol. The number of carboxylic acid groups (broad SMARTS) is 2. The SMILES string of the molecule is COc1ccc(CN2c3nc(N(C(=O)O)C(=O)O)nc(Cl)c3C(CCO)(C(C)(C)C)N2C(C)(C)C)cc1. The first-order chi connectivity index (χ1) is 17.1. The largest absolute Gasteiger partial charge is 0.497 e. The molecule has 0 aliphatic carbocycles. The van der Waals surface area contributed by atoms with Gasteiger partial charge in [-0.25, -0.2) is 14.6 Å². The molecule has 0 saturated heterocycles. The lowest BCUT2D eigenvalue weighted by Gasteiger charge is -2.55. The van der Waals surface area contributed by atoms with Gasteiger partial charge in [0.15, 0.2) is 5.82 Å². The summed E-state index contributed by atoms with van der Waals surface area (Å²) in [6.45, 7) is 12.2. The fourth-order valence-corrected chi connectivity index (χ4v) is 5.47. The third kappa shape index (κ3) is 4.90. The van der Waals surface area contributed by atoms with Crippen molar-refractivity contribution in [2.45, 2.75) is 65.6 Å². The van der Waals surface area contributed by atoms with E-state index in [-0.39, 0.29) is 28.9 Å². The van der Waals surface area contributed by atoms with Crippen LogP contribution >= 0.6 is 11.6 Å². The van der Waals surface area contributed by atoms with Crippen LogP contribution in [0.3, 0.4) is 0 Å². The number of hydrogen-bond donors (Lipinski definition) is 3. The lowest BCUT2D eigenvalue weighted by atomic mass is 9.67. The van der Waals surface area contributed by atoms with Crippen LogP contribution in [0.25, 0.3) is 0 Å². The molecule has 1 unspecified atom stereocenters. The molecule has 0 fully saturated rings. The van der Waals surface area contributed by atoms with Crippen LogP contribution in [0, 0.1) is 5.41 Å². The van der Waals surface area contributed by atoms with Crippen molar-refractivity contribution in [3.8, 4) is 5.75 Å². The smallest absolute Gasteiger partial charge is 0.424 e. The van der Waals surface area contributed by atoms with E-state index in [4.69, 9.17) is 16.3 Å². The van der Waals surface area contributed by atoms with Crippen LogP contribution in [0.4, 0.5) is 21.4 Å². The highest BCUT2D eigenvalue weighted by molar-refractivity contribution is 6.31. The second-order valence-electron chi connectivity index (χ2n) is 10.9. The number of hydrogen-bond acceptors (Lipinski definition) is 8. The Labute approximate surface area is 221 Å². The van der Waals surface area contributed by atoms with E-state index in [1.165, 1.54) is 0 Å². The van der Waals surface area contributed by atoms with Crippen molar-refractivity contribution in [1.29, 1.82) is 0 Å².